The van der Waals surface area contributed by atoms with Crippen LogP contribution in [0.5, 0.6) is 0 Å². The van der Waals surface area contributed by atoms with E-state index in [0.29, 0.717) is 0 Å². The number of pyridine rings is 1. The predicted octanol–water partition coefficient (Wildman–Crippen LogP) is 1.22. The van der Waals surface area contributed by atoms with Crippen molar-refractivity contribution in [2.45, 2.75) is 38.6 Å². The van der Waals surface area contributed by atoms with Crippen molar-refractivity contribution in [3.05, 3.63) is 23.9 Å². The fourth-order valence-electron chi connectivity index (χ4n) is 2.72. The Morgan fingerprint density at radius 1 is 1.32 bits per heavy atom. The van der Waals surface area contributed by atoms with Gasteiger partial charge in [-0.25, -0.2) is 4.98 Å². The maximum atomic E-state index is 12.1. The highest BCUT2D eigenvalue weighted by Crippen LogP contribution is 2.26. The Morgan fingerprint density at radius 3 is 2.82 bits per heavy atom. The van der Waals surface area contributed by atoms with Crippen molar-refractivity contribution in [2.24, 2.45) is 5.92 Å². The molecular weight excluding hydrogens is 280 g/mol. The van der Waals surface area contributed by atoms with E-state index in [2.05, 4.69) is 20.9 Å². The molecule has 0 aromatic carbocycles. The summed E-state index contributed by atoms with van der Waals surface area (Å²) >= 11 is 0. The summed E-state index contributed by atoms with van der Waals surface area (Å²) in [6.07, 6.45) is 5.52. The van der Waals surface area contributed by atoms with Crippen molar-refractivity contribution in [1.82, 2.24) is 15.6 Å². The van der Waals surface area contributed by atoms with Crippen molar-refractivity contribution < 1.29 is 9.59 Å². The third-order valence-electron chi connectivity index (χ3n) is 4.01. The number of carbonyl (C=O) groups is 2. The number of carbonyl (C=O) groups excluding carboxylic acids is 2. The lowest BCUT2D eigenvalue weighted by atomic mass is 9.85. The van der Waals surface area contributed by atoms with Gasteiger partial charge in [-0.15, -0.1) is 0 Å². The zero-order valence-electron chi connectivity index (χ0n) is 13.2. The topological polar surface area (TPSA) is 83.1 Å². The average Bonchev–Trinajstić information content (AvgIpc) is 2.54. The molecule has 1 saturated carbocycles. The van der Waals surface area contributed by atoms with Crippen molar-refractivity contribution in [2.75, 3.05) is 18.9 Å². The molecule has 3 N–H and O–H groups in total. The predicted molar refractivity (Wildman–Crippen MR) is 85.4 cm³/mol. The van der Waals surface area contributed by atoms with E-state index < -0.39 is 0 Å². The van der Waals surface area contributed by atoms with Crippen molar-refractivity contribution >= 4 is 17.6 Å². The van der Waals surface area contributed by atoms with Crippen LogP contribution in [0.2, 0.25) is 0 Å². The minimum atomic E-state index is -0.178. The molecule has 1 fully saturated rings. The minimum Gasteiger partial charge on any atom is -0.367 e. The molecule has 6 nitrogen and oxygen atoms in total. The van der Waals surface area contributed by atoms with E-state index in [1.807, 2.05) is 25.3 Å². The van der Waals surface area contributed by atoms with Gasteiger partial charge in [-0.2, -0.15) is 0 Å². The normalized spacial score (nSPS) is 21.0. The summed E-state index contributed by atoms with van der Waals surface area (Å²) in [5.41, 5.74) is 1.13. The fraction of sp³-hybridized carbons (Fsp3) is 0.562. The Hall–Kier alpha value is -2.11. The van der Waals surface area contributed by atoms with Crippen LogP contribution in [0.25, 0.3) is 0 Å². The first-order valence-electron chi connectivity index (χ1n) is 7.76. The molecule has 0 bridgehead atoms. The lowest BCUT2D eigenvalue weighted by Crippen LogP contribution is -2.41. The molecule has 2 amide bonds. The van der Waals surface area contributed by atoms with Gasteiger partial charge in [0, 0.05) is 25.2 Å². The average molecular weight is 304 g/mol. The fourth-order valence-corrected chi connectivity index (χ4v) is 2.72. The molecule has 0 saturated heterocycles. The quantitative estimate of drug-likeness (QED) is 0.764. The molecule has 0 radical (unpaired) electrons. The second-order valence-corrected chi connectivity index (χ2v) is 5.82. The van der Waals surface area contributed by atoms with E-state index in [4.69, 9.17) is 0 Å². The second-order valence-electron chi connectivity index (χ2n) is 5.82. The lowest BCUT2D eigenvalue weighted by molar-refractivity contribution is -0.129. The third-order valence-corrected chi connectivity index (χ3v) is 4.01. The summed E-state index contributed by atoms with van der Waals surface area (Å²) in [6.45, 7) is 2.05. The number of likely N-dealkylation sites (N-methyl/N-ethyl adjacent to an activating group) is 1. The van der Waals surface area contributed by atoms with Gasteiger partial charge < -0.3 is 16.0 Å². The molecule has 1 aromatic rings. The van der Waals surface area contributed by atoms with E-state index in [9.17, 15) is 9.59 Å². The smallest absolute Gasteiger partial charge is 0.239 e. The van der Waals surface area contributed by atoms with E-state index in [-0.39, 0.29) is 30.3 Å². The van der Waals surface area contributed by atoms with Crippen LogP contribution in [0.3, 0.4) is 0 Å². The third kappa shape index (κ3) is 4.72. The largest absolute Gasteiger partial charge is 0.367 e. The van der Waals surface area contributed by atoms with Gasteiger partial charge >= 0.3 is 0 Å². The van der Waals surface area contributed by atoms with Crippen LogP contribution in [0.15, 0.2) is 18.3 Å². The maximum Gasteiger partial charge on any atom is 0.239 e. The maximum absolute atomic E-state index is 12.1. The van der Waals surface area contributed by atoms with Crippen molar-refractivity contribution in [3.8, 4) is 0 Å². The van der Waals surface area contributed by atoms with Crippen LogP contribution in [-0.2, 0) is 9.59 Å². The summed E-state index contributed by atoms with van der Waals surface area (Å²) in [6, 6.07) is 4.23. The van der Waals surface area contributed by atoms with Crippen molar-refractivity contribution in [1.29, 1.82) is 0 Å². The minimum absolute atomic E-state index is 0.0352. The molecule has 0 aliphatic heterocycles. The summed E-state index contributed by atoms with van der Waals surface area (Å²) < 4.78 is 0. The Balaban J connectivity index is 1.84. The molecule has 2 atom stereocenters. The number of hydrogen-bond donors (Lipinski definition) is 3. The molecule has 1 aromatic heterocycles. The SMILES string of the molecule is CNC(=O)CNC(=O)[C@@H]1CCC[C@H](Nc2ccc(C)cn2)C1. The highest BCUT2D eigenvalue weighted by molar-refractivity contribution is 5.85. The van der Waals surface area contributed by atoms with Gasteiger partial charge in [0.25, 0.3) is 0 Å². The van der Waals surface area contributed by atoms with Gasteiger partial charge in [-0.3, -0.25) is 9.59 Å². The Kier molecular flexibility index (Phi) is 5.75. The molecular formula is C16H24N4O2. The van der Waals surface area contributed by atoms with Gasteiger partial charge in [0.15, 0.2) is 0 Å². The highest BCUT2D eigenvalue weighted by Gasteiger charge is 2.27. The summed E-state index contributed by atoms with van der Waals surface area (Å²) in [5.74, 6) is 0.595. The number of nitrogens with one attached hydrogen (secondary N) is 3. The first kappa shape index (κ1) is 16.3. The van der Waals surface area contributed by atoms with Crippen molar-refractivity contribution in [3.63, 3.8) is 0 Å². The molecule has 6 heteroatoms. The first-order chi connectivity index (χ1) is 10.6. The Labute approximate surface area is 131 Å². The van der Waals surface area contributed by atoms with Crippen LogP contribution in [-0.4, -0.2) is 36.4 Å². The number of amides is 2. The monoisotopic (exact) mass is 304 g/mol. The van der Waals surface area contributed by atoms with Crippen LogP contribution in [0, 0.1) is 12.8 Å². The number of aryl methyl sites for hydroxylation is 1. The highest BCUT2D eigenvalue weighted by atomic mass is 16.2. The molecule has 0 spiro atoms. The molecule has 22 heavy (non-hydrogen) atoms. The first-order valence-corrected chi connectivity index (χ1v) is 7.76. The molecule has 0 unspecified atom stereocenters. The number of anilines is 1. The number of aromatic nitrogens is 1. The number of nitrogens with zero attached hydrogens (tertiary/aromatic N) is 1. The molecule has 120 valence electrons. The molecule has 1 aliphatic rings. The van der Waals surface area contributed by atoms with Gasteiger partial charge in [0.05, 0.1) is 6.54 Å². The zero-order valence-corrected chi connectivity index (χ0v) is 13.2. The van der Waals surface area contributed by atoms with Crippen LogP contribution >= 0.6 is 0 Å². The lowest BCUT2D eigenvalue weighted by Gasteiger charge is -2.29. The van der Waals surface area contributed by atoms with E-state index in [0.717, 1.165) is 37.1 Å². The van der Waals surface area contributed by atoms with E-state index in [1.165, 1.54) is 0 Å². The van der Waals surface area contributed by atoms with Crippen LogP contribution < -0.4 is 16.0 Å². The Bertz CT molecular complexity index is 515. The van der Waals surface area contributed by atoms with Gasteiger partial charge in [0.1, 0.15) is 5.82 Å². The summed E-state index contributed by atoms with van der Waals surface area (Å²) in [7, 11) is 1.56. The second kappa shape index (κ2) is 7.77. The summed E-state index contributed by atoms with van der Waals surface area (Å²) in [5, 5.41) is 8.59. The van der Waals surface area contributed by atoms with E-state index in [1.54, 1.807) is 7.05 Å². The van der Waals surface area contributed by atoms with E-state index >= 15 is 0 Å². The van der Waals surface area contributed by atoms with Gasteiger partial charge in [-0.05, 0) is 37.8 Å². The standard InChI is InChI=1S/C16H24N4O2/c1-11-6-7-14(18-9-11)20-13-5-3-4-12(8-13)16(22)19-10-15(21)17-2/h6-7,9,12-13H,3-5,8,10H2,1-2H3,(H,17,21)(H,18,20)(H,19,22)/t12-,13+/m1/s1. The number of hydrogen-bond acceptors (Lipinski definition) is 4. The molecule has 2 rings (SSSR count). The van der Waals surface area contributed by atoms with Gasteiger partial charge in [0.2, 0.25) is 11.8 Å². The molecule has 1 aliphatic carbocycles. The Morgan fingerprint density at radius 2 is 2.14 bits per heavy atom. The zero-order chi connectivity index (χ0) is 15.9. The van der Waals surface area contributed by atoms with Crippen LogP contribution in [0.4, 0.5) is 5.82 Å². The summed E-state index contributed by atoms with van der Waals surface area (Å²) in [4.78, 5) is 27.7. The van der Waals surface area contributed by atoms with Crippen LogP contribution in [0.1, 0.15) is 31.2 Å². The molecule has 1 heterocycles. The van der Waals surface area contributed by atoms with Gasteiger partial charge in [-0.1, -0.05) is 12.5 Å². The number of rotatable bonds is 5.